The molecule has 1 N–H and O–H groups in total. The molecule has 1 amide bonds. The summed E-state index contributed by atoms with van der Waals surface area (Å²) in [5.74, 6) is -0.0211. The van der Waals surface area contributed by atoms with Crippen molar-refractivity contribution in [3.05, 3.63) is 29.3 Å². The van der Waals surface area contributed by atoms with Gasteiger partial charge in [-0.1, -0.05) is 0 Å². The predicted molar refractivity (Wildman–Crippen MR) is 95.8 cm³/mol. The van der Waals surface area contributed by atoms with E-state index < -0.39 is 11.7 Å². The van der Waals surface area contributed by atoms with Crippen LogP contribution in [0.15, 0.2) is 18.2 Å². The number of Topliss-reactive ketones (excluding diaryl/α,β-unsaturated/α-hetero) is 1. The third-order valence-corrected chi connectivity index (χ3v) is 4.08. The molecule has 1 saturated heterocycles. The number of nitrogens with one attached hydrogen (secondary N) is 1. The van der Waals surface area contributed by atoms with Gasteiger partial charge in [0.2, 0.25) is 0 Å². The summed E-state index contributed by atoms with van der Waals surface area (Å²) in [6.45, 7) is 8.43. The Hall–Kier alpha value is -2.55. The minimum atomic E-state index is -0.514. The van der Waals surface area contributed by atoms with Gasteiger partial charge in [0.25, 0.3) is 0 Å². The zero-order valence-electron chi connectivity index (χ0n) is 15.3. The van der Waals surface area contributed by atoms with Crippen LogP contribution in [0.3, 0.4) is 0 Å². The Kier molecular flexibility index (Phi) is 5.68. The Balaban J connectivity index is 2.00. The number of anilines is 1. The van der Waals surface area contributed by atoms with E-state index >= 15 is 0 Å². The minimum absolute atomic E-state index is 0.0211. The van der Waals surface area contributed by atoms with Crippen LogP contribution in [-0.2, 0) is 4.74 Å². The van der Waals surface area contributed by atoms with E-state index in [1.54, 1.807) is 18.2 Å². The highest BCUT2D eigenvalue weighted by atomic mass is 16.6. The zero-order chi connectivity index (χ0) is 18.6. The molecular formula is C19H25N3O3. The van der Waals surface area contributed by atoms with Gasteiger partial charge < -0.3 is 15.0 Å². The van der Waals surface area contributed by atoms with Crippen LogP contribution in [-0.4, -0.2) is 36.6 Å². The van der Waals surface area contributed by atoms with Gasteiger partial charge in [-0.2, -0.15) is 5.26 Å². The lowest BCUT2D eigenvalue weighted by atomic mass is 10.0. The Morgan fingerprint density at radius 2 is 1.92 bits per heavy atom. The summed E-state index contributed by atoms with van der Waals surface area (Å²) in [7, 11) is 0. The second-order valence-corrected chi connectivity index (χ2v) is 7.31. The second kappa shape index (κ2) is 7.56. The molecule has 1 fully saturated rings. The van der Waals surface area contributed by atoms with E-state index in [9.17, 15) is 14.9 Å². The number of carbonyl (C=O) groups excluding carboxylic acids is 2. The Bertz CT molecular complexity index is 693. The van der Waals surface area contributed by atoms with Crippen molar-refractivity contribution >= 4 is 17.6 Å². The summed E-state index contributed by atoms with van der Waals surface area (Å²) >= 11 is 0. The fourth-order valence-electron chi connectivity index (χ4n) is 2.85. The van der Waals surface area contributed by atoms with Crippen molar-refractivity contribution < 1.29 is 14.3 Å². The summed E-state index contributed by atoms with van der Waals surface area (Å²) in [5.41, 5.74) is 1.43. The van der Waals surface area contributed by atoms with Gasteiger partial charge in [0.1, 0.15) is 11.7 Å². The van der Waals surface area contributed by atoms with Crippen LogP contribution in [0.1, 0.15) is 56.5 Å². The van der Waals surface area contributed by atoms with E-state index in [2.05, 4.69) is 16.3 Å². The van der Waals surface area contributed by atoms with Crippen molar-refractivity contribution in [3.63, 3.8) is 0 Å². The summed E-state index contributed by atoms with van der Waals surface area (Å²) in [4.78, 5) is 25.6. The highest BCUT2D eigenvalue weighted by Crippen LogP contribution is 2.26. The number of hydrogen-bond donors (Lipinski definition) is 1. The first-order valence-corrected chi connectivity index (χ1v) is 8.49. The van der Waals surface area contributed by atoms with Crippen molar-refractivity contribution in [1.29, 1.82) is 5.26 Å². The number of alkyl carbamates (subject to hydrolysis) is 1. The van der Waals surface area contributed by atoms with Gasteiger partial charge >= 0.3 is 6.09 Å². The molecule has 1 aromatic rings. The lowest BCUT2D eigenvalue weighted by Gasteiger charge is -2.34. The van der Waals surface area contributed by atoms with Gasteiger partial charge in [-0.3, -0.25) is 4.79 Å². The van der Waals surface area contributed by atoms with Gasteiger partial charge in [0.05, 0.1) is 11.3 Å². The minimum Gasteiger partial charge on any atom is -0.444 e. The number of carbonyl (C=O) groups is 2. The highest BCUT2D eigenvalue weighted by Gasteiger charge is 2.25. The molecule has 0 aromatic heterocycles. The molecule has 1 aromatic carbocycles. The second-order valence-electron chi connectivity index (χ2n) is 7.31. The van der Waals surface area contributed by atoms with Gasteiger partial charge in [0.15, 0.2) is 5.78 Å². The molecule has 0 saturated carbocycles. The number of nitrogens with zero attached hydrogens (tertiary/aromatic N) is 2. The molecule has 6 nitrogen and oxygen atoms in total. The molecule has 1 heterocycles. The van der Waals surface area contributed by atoms with E-state index in [1.807, 2.05) is 20.8 Å². The first-order chi connectivity index (χ1) is 11.7. The molecule has 0 aliphatic carbocycles. The summed E-state index contributed by atoms with van der Waals surface area (Å²) in [6.07, 6.45) is 1.12. The molecule has 0 radical (unpaired) electrons. The van der Waals surface area contributed by atoms with Crippen LogP contribution in [0, 0.1) is 11.3 Å². The molecule has 25 heavy (non-hydrogen) atoms. The Morgan fingerprint density at radius 1 is 1.28 bits per heavy atom. The quantitative estimate of drug-likeness (QED) is 0.852. The molecular weight excluding hydrogens is 318 g/mol. The van der Waals surface area contributed by atoms with Gasteiger partial charge in [-0.25, -0.2) is 4.79 Å². The van der Waals surface area contributed by atoms with E-state index in [0.717, 1.165) is 18.5 Å². The largest absolute Gasteiger partial charge is 0.444 e. The van der Waals surface area contributed by atoms with E-state index in [-0.39, 0.29) is 11.8 Å². The highest BCUT2D eigenvalue weighted by molar-refractivity contribution is 5.95. The molecule has 0 bridgehead atoms. The first kappa shape index (κ1) is 18.8. The maximum atomic E-state index is 11.9. The smallest absolute Gasteiger partial charge is 0.407 e. The van der Waals surface area contributed by atoms with Gasteiger partial charge in [-0.15, -0.1) is 0 Å². The number of benzene rings is 1. The van der Waals surface area contributed by atoms with Crippen LogP contribution in [0.5, 0.6) is 0 Å². The lowest BCUT2D eigenvalue weighted by Crippen LogP contribution is -2.46. The lowest BCUT2D eigenvalue weighted by molar-refractivity contribution is 0.0497. The van der Waals surface area contributed by atoms with E-state index in [0.29, 0.717) is 24.2 Å². The third kappa shape index (κ3) is 5.21. The van der Waals surface area contributed by atoms with E-state index in [4.69, 9.17) is 4.74 Å². The monoisotopic (exact) mass is 343 g/mol. The number of ether oxygens (including phenoxy) is 1. The van der Waals surface area contributed by atoms with Gasteiger partial charge in [0, 0.05) is 24.7 Å². The topological polar surface area (TPSA) is 82.4 Å². The normalized spacial score (nSPS) is 15.4. The Labute approximate surface area is 148 Å². The number of rotatable bonds is 3. The number of hydrogen-bond acceptors (Lipinski definition) is 5. The maximum absolute atomic E-state index is 11.9. The van der Waals surface area contributed by atoms with Crippen molar-refractivity contribution in [3.8, 4) is 6.07 Å². The fourth-order valence-corrected chi connectivity index (χ4v) is 2.85. The number of piperidine rings is 1. The van der Waals surface area contributed by atoms with Crippen LogP contribution in [0.2, 0.25) is 0 Å². The van der Waals surface area contributed by atoms with Crippen molar-refractivity contribution in [2.75, 3.05) is 18.0 Å². The van der Waals surface area contributed by atoms with Crippen LogP contribution >= 0.6 is 0 Å². The van der Waals surface area contributed by atoms with Gasteiger partial charge in [-0.05, 0) is 58.7 Å². The average molecular weight is 343 g/mol. The van der Waals surface area contributed by atoms with Crippen LogP contribution < -0.4 is 10.2 Å². The average Bonchev–Trinajstić information content (AvgIpc) is 2.53. The summed E-state index contributed by atoms with van der Waals surface area (Å²) in [6, 6.07) is 7.39. The van der Waals surface area contributed by atoms with Crippen LogP contribution in [0.4, 0.5) is 10.5 Å². The third-order valence-electron chi connectivity index (χ3n) is 4.08. The molecule has 0 atom stereocenters. The zero-order valence-corrected chi connectivity index (χ0v) is 15.3. The molecule has 1 aliphatic rings. The Morgan fingerprint density at radius 3 is 2.44 bits per heavy atom. The van der Waals surface area contributed by atoms with Crippen LogP contribution in [0.25, 0.3) is 0 Å². The molecule has 6 heteroatoms. The molecule has 0 unspecified atom stereocenters. The maximum Gasteiger partial charge on any atom is 0.407 e. The SMILES string of the molecule is CC(=O)c1ccc(C#N)c(N2CCC(NC(=O)OC(C)(C)C)CC2)c1. The van der Waals surface area contributed by atoms with Crippen molar-refractivity contribution in [1.82, 2.24) is 5.32 Å². The molecule has 134 valence electrons. The van der Waals surface area contributed by atoms with E-state index in [1.165, 1.54) is 6.92 Å². The summed E-state index contributed by atoms with van der Waals surface area (Å²) < 4.78 is 5.29. The first-order valence-electron chi connectivity index (χ1n) is 8.49. The fraction of sp³-hybridized carbons (Fsp3) is 0.526. The van der Waals surface area contributed by atoms with Crippen molar-refractivity contribution in [2.24, 2.45) is 0 Å². The molecule has 0 spiro atoms. The molecule has 2 rings (SSSR count). The summed E-state index contributed by atoms with van der Waals surface area (Å²) in [5, 5.41) is 12.2. The molecule has 1 aliphatic heterocycles. The standard InChI is InChI=1S/C19H25N3O3/c1-13(23)14-5-6-15(12-20)17(11-14)22-9-7-16(8-10-22)21-18(24)25-19(2,3)4/h5-6,11,16H,7-10H2,1-4H3,(H,21,24). The number of nitriles is 1. The number of amides is 1. The number of ketones is 1. The van der Waals surface area contributed by atoms with Crippen molar-refractivity contribution in [2.45, 2.75) is 52.2 Å². The predicted octanol–water partition coefficient (Wildman–Crippen LogP) is 3.25.